The van der Waals surface area contributed by atoms with Gasteiger partial charge in [0.05, 0.1) is 0 Å². The van der Waals surface area contributed by atoms with Crippen molar-refractivity contribution >= 4 is 8.32 Å². The van der Waals surface area contributed by atoms with Gasteiger partial charge in [-0.1, -0.05) is 103 Å². The van der Waals surface area contributed by atoms with E-state index in [-0.39, 0.29) is 0 Å². The van der Waals surface area contributed by atoms with Crippen molar-refractivity contribution in [3.63, 3.8) is 0 Å². The molecule has 0 spiro atoms. The Balaban J connectivity index is 3.44. The Morgan fingerprint density at radius 1 is 0.786 bits per heavy atom. The minimum absolute atomic E-state index is 0.316. The Morgan fingerprint density at radius 2 is 1.36 bits per heavy atom. The van der Waals surface area contributed by atoms with Gasteiger partial charge in [0.25, 0.3) is 0 Å². The van der Waals surface area contributed by atoms with E-state index >= 15 is 0 Å². The zero-order chi connectivity index (χ0) is 21.1. The summed E-state index contributed by atoms with van der Waals surface area (Å²) < 4.78 is 6.21. The molecule has 0 amide bonds. The molecule has 0 aliphatic heterocycles. The predicted octanol–water partition coefficient (Wildman–Crippen LogP) is 9.05. The first-order valence-corrected chi connectivity index (χ1v) is 15.0. The van der Waals surface area contributed by atoms with E-state index in [9.17, 15) is 0 Å². The molecule has 0 radical (unpaired) electrons. The highest BCUT2D eigenvalue weighted by atomic mass is 28.4. The smallest absolute Gasteiger partial charge is 0.191 e. The van der Waals surface area contributed by atoms with Gasteiger partial charge in [0.2, 0.25) is 0 Å². The highest BCUT2D eigenvalue weighted by Crippen LogP contribution is 2.36. The SMILES string of the molecule is CCCCCCCCCCCCC#CC=CCCCCO[Si](C)(C)C(C)(C)C. The second-order valence-corrected chi connectivity index (χ2v) is 14.6. The Morgan fingerprint density at radius 3 is 1.93 bits per heavy atom. The Labute approximate surface area is 179 Å². The summed E-state index contributed by atoms with van der Waals surface area (Å²) >= 11 is 0. The Bertz CT molecular complexity index is 434. The monoisotopic (exact) mass is 406 g/mol. The fourth-order valence-corrected chi connectivity index (χ4v) is 3.97. The standard InChI is InChI=1S/C26H50OSi/c1-7-8-9-10-11-12-13-14-15-16-17-18-19-20-21-22-23-24-25-27-28(5,6)26(2,3)4/h20-21H,7-17,22-25H2,1-6H3. The molecule has 0 aromatic rings. The van der Waals surface area contributed by atoms with Crippen molar-refractivity contribution in [2.24, 2.45) is 0 Å². The van der Waals surface area contributed by atoms with E-state index in [4.69, 9.17) is 4.43 Å². The zero-order valence-electron chi connectivity index (χ0n) is 20.2. The first-order valence-electron chi connectivity index (χ1n) is 12.1. The van der Waals surface area contributed by atoms with Crippen molar-refractivity contribution in [1.82, 2.24) is 0 Å². The summed E-state index contributed by atoms with van der Waals surface area (Å²) in [6.07, 6.45) is 22.7. The predicted molar refractivity (Wildman–Crippen MR) is 130 cm³/mol. The van der Waals surface area contributed by atoms with Gasteiger partial charge in [0.1, 0.15) is 0 Å². The van der Waals surface area contributed by atoms with Crippen LogP contribution in [0.4, 0.5) is 0 Å². The summed E-state index contributed by atoms with van der Waals surface area (Å²) in [6.45, 7) is 14.8. The molecule has 0 aromatic heterocycles. The van der Waals surface area contributed by atoms with Gasteiger partial charge in [-0.15, -0.1) is 0 Å². The number of allylic oxidation sites excluding steroid dienone is 2. The third-order valence-electron chi connectivity index (χ3n) is 5.99. The van der Waals surface area contributed by atoms with Crippen LogP contribution in [0.15, 0.2) is 12.2 Å². The summed E-state index contributed by atoms with van der Waals surface area (Å²) in [5, 5.41) is 0.316. The van der Waals surface area contributed by atoms with E-state index in [1.165, 1.54) is 70.6 Å². The molecule has 164 valence electrons. The van der Waals surface area contributed by atoms with E-state index in [2.05, 4.69) is 58.7 Å². The Kier molecular flexibility index (Phi) is 17.0. The molecule has 0 heterocycles. The van der Waals surface area contributed by atoms with Crippen LogP contribution < -0.4 is 0 Å². The summed E-state index contributed by atoms with van der Waals surface area (Å²) in [4.78, 5) is 0. The topological polar surface area (TPSA) is 9.23 Å². The van der Waals surface area contributed by atoms with Gasteiger partial charge in [-0.05, 0) is 49.9 Å². The molecule has 0 unspecified atom stereocenters. The third-order valence-corrected chi connectivity index (χ3v) is 10.5. The highest BCUT2D eigenvalue weighted by molar-refractivity contribution is 6.74. The van der Waals surface area contributed by atoms with Crippen LogP contribution >= 0.6 is 0 Å². The van der Waals surface area contributed by atoms with Crippen LogP contribution in [0.2, 0.25) is 18.1 Å². The molecule has 0 aliphatic carbocycles. The molecule has 0 saturated heterocycles. The lowest BCUT2D eigenvalue weighted by Crippen LogP contribution is -2.40. The van der Waals surface area contributed by atoms with Crippen LogP contribution in [0.5, 0.6) is 0 Å². The van der Waals surface area contributed by atoms with Crippen molar-refractivity contribution < 1.29 is 4.43 Å². The van der Waals surface area contributed by atoms with E-state index in [1.54, 1.807) is 0 Å². The average Bonchev–Trinajstić information content (AvgIpc) is 2.62. The fourth-order valence-electron chi connectivity index (χ4n) is 2.88. The lowest BCUT2D eigenvalue weighted by molar-refractivity contribution is 0.279. The highest BCUT2D eigenvalue weighted by Gasteiger charge is 2.36. The first-order chi connectivity index (χ1) is 13.3. The molecule has 28 heavy (non-hydrogen) atoms. The minimum atomic E-state index is -1.56. The lowest BCUT2D eigenvalue weighted by Gasteiger charge is -2.36. The van der Waals surface area contributed by atoms with E-state index in [1.807, 2.05) is 6.08 Å². The summed E-state index contributed by atoms with van der Waals surface area (Å²) in [6, 6.07) is 0. The maximum atomic E-state index is 6.21. The van der Waals surface area contributed by atoms with Crippen molar-refractivity contribution in [3.05, 3.63) is 12.2 Å². The molecule has 2 heteroatoms. The van der Waals surface area contributed by atoms with Crippen molar-refractivity contribution in [3.8, 4) is 11.8 Å². The van der Waals surface area contributed by atoms with Crippen molar-refractivity contribution in [2.45, 2.75) is 136 Å². The maximum absolute atomic E-state index is 6.21. The molecule has 0 fully saturated rings. The summed E-state index contributed by atoms with van der Waals surface area (Å²) in [5.74, 6) is 6.49. The van der Waals surface area contributed by atoms with Gasteiger partial charge in [-0.2, -0.15) is 0 Å². The average molecular weight is 407 g/mol. The summed E-state index contributed by atoms with van der Waals surface area (Å²) in [7, 11) is -1.56. The van der Waals surface area contributed by atoms with Crippen LogP contribution in [0, 0.1) is 11.8 Å². The maximum Gasteiger partial charge on any atom is 0.191 e. The van der Waals surface area contributed by atoms with Crippen LogP contribution in [0.3, 0.4) is 0 Å². The van der Waals surface area contributed by atoms with Gasteiger partial charge >= 0.3 is 0 Å². The molecule has 1 nitrogen and oxygen atoms in total. The Hall–Kier alpha value is -0.523. The number of unbranched alkanes of at least 4 members (excludes halogenated alkanes) is 12. The second-order valence-electron chi connectivity index (χ2n) is 9.76. The number of hydrogen-bond acceptors (Lipinski definition) is 1. The van der Waals surface area contributed by atoms with Crippen LogP contribution in [0.25, 0.3) is 0 Å². The van der Waals surface area contributed by atoms with E-state index < -0.39 is 8.32 Å². The molecule has 0 rings (SSSR count). The van der Waals surface area contributed by atoms with E-state index in [0.29, 0.717) is 5.04 Å². The molecular formula is C26H50OSi. The van der Waals surface area contributed by atoms with Crippen LogP contribution in [-0.2, 0) is 4.43 Å². The number of hydrogen-bond donors (Lipinski definition) is 0. The quantitative estimate of drug-likeness (QED) is 0.141. The van der Waals surface area contributed by atoms with Crippen LogP contribution in [0.1, 0.15) is 118 Å². The van der Waals surface area contributed by atoms with Gasteiger partial charge in [-0.3, -0.25) is 0 Å². The molecule has 0 bridgehead atoms. The largest absolute Gasteiger partial charge is 0.417 e. The normalized spacial score (nSPS) is 12.4. The van der Waals surface area contributed by atoms with Crippen LogP contribution in [-0.4, -0.2) is 14.9 Å². The zero-order valence-corrected chi connectivity index (χ0v) is 21.2. The molecule has 0 aromatic carbocycles. The fraction of sp³-hybridized carbons (Fsp3) is 0.846. The first kappa shape index (κ1) is 27.5. The van der Waals surface area contributed by atoms with Gasteiger partial charge in [0.15, 0.2) is 8.32 Å². The molecule has 0 aliphatic rings. The lowest BCUT2D eigenvalue weighted by atomic mass is 10.1. The van der Waals surface area contributed by atoms with Crippen molar-refractivity contribution in [1.29, 1.82) is 0 Å². The van der Waals surface area contributed by atoms with Crippen molar-refractivity contribution in [2.75, 3.05) is 6.61 Å². The van der Waals surface area contributed by atoms with Gasteiger partial charge in [0, 0.05) is 13.0 Å². The second kappa shape index (κ2) is 17.3. The molecular weight excluding hydrogens is 356 g/mol. The third kappa shape index (κ3) is 16.4. The van der Waals surface area contributed by atoms with E-state index in [0.717, 1.165) is 25.9 Å². The van der Waals surface area contributed by atoms with Gasteiger partial charge < -0.3 is 4.43 Å². The molecule has 0 atom stereocenters. The minimum Gasteiger partial charge on any atom is -0.417 e. The molecule has 0 N–H and O–H groups in total. The summed E-state index contributed by atoms with van der Waals surface area (Å²) in [5.41, 5.74) is 0. The molecule has 0 saturated carbocycles. The van der Waals surface area contributed by atoms with Gasteiger partial charge in [-0.25, -0.2) is 0 Å². The number of rotatable bonds is 16.